The molecule has 3 nitrogen and oxygen atoms in total. The van der Waals surface area contributed by atoms with Crippen LogP contribution in [-0.4, -0.2) is 28.9 Å². The van der Waals surface area contributed by atoms with Gasteiger partial charge in [-0.25, -0.2) is 0 Å². The fourth-order valence-corrected chi connectivity index (χ4v) is 2.77. The van der Waals surface area contributed by atoms with Gasteiger partial charge in [0, 0.05) is 25.4 Å². The van der Waals surface area contributed by atoms with Crippen LogP contribution in [0.25, 0.3) is 0 Å². The molecule has 0 aromatic carbocycles. The Bertz CT molecular complexity index is 302. The summed E-state index contributed by atoms with van der Waals surface area (Å²) in [6.45, 7) is 7.82. The number of rotatable bonds is 5. The second kappa shape index (κ2) is 5.80. The molecule has 1 unspecified atom stereocenters. The van der Waals surface area contributed by atoms with Gasteiger partial charge in [0.15, 0.2) is 0 Å². The maximum Gasteiger partial charge on any atom is 0.226 e. The summed E-state index contributed by atoms with van der Waals surface area (Å²) in [5.74, 6) is 0.458. The Balaban J connectivity index is 2.62. The van der Waals surface area contributed by atoms with E-state index in [-0.39, 0.29) is 17.2 Å². The standard InChI is InChI=1S/C13H24N2OS/c1-4-15(9-7-11(14)17)12(16)10-6-5-8-13(10,2)3/h10H,4-9H2,1-3H3,(H2,14,17). The molecular formula is C13H24N2OS. The van der Waals surface area contributed by atoms with Crippen molar-refractivity contribution in [2.45, 2.75) is 46.5 Å². The molecule has 0 aliphatic heterocycles. The van der Waals surface area contributed by atoms with Gasteiger partial charge in [-0.15, -0.1) is 0 Å². The Kier molecular flexibility index (Phi) is 4.92. The Labute approximate surface area is 110 Å². The Hall–Kier alpha value is -0.640. The molecular weight excluding hydrogens is 232 g/mol. The first-order chi connectivity index (χ1) is 7.88. The molecule has 1 aliphatic rings. The van der Waals surface area contributed by atoms with Gasteiger partial charge in [0.1, 0.15) is 0 Å². The van der Waals surface area contributed by atoms with Crippen LogP contribution in [0.4, 0.5) is 0 Å². The monoisotopic (exact) mass is 256 g/mol. The zero-order valence-electron chi connectivity index (χ0n) is 11.2. The van der Waals surface area contributed by atoms with Crippen molar-refractivity contribution in [3.63, 3.8) is 0 Å². The van der Waals surface area contributed by atoms with Crippen molar-refractivity contribution in [3.8, 4) is 0 Å². The van der Waals surface area contributed by atoms with Crippen LogP contribution in [0.1, 0.15) is 46.5 Å². The van der Waals surface area contributed by atoms with E-state index < -0.39 is 0 Å². The minimum absolute atomic E-state index is 0.147. The highest BCUT2D eigenvalue weighted by atomic mass is 32.1. The first-order valence-electron chi connectivity index (χ1n) is 6.45. The molecule has 0 aromatic heterocycles. The lowest BCUT2D eigenvalue weighted by Gasteiger charge is -2.31. The summed E-state index contributed by atoms with van der Waals surface area (Å²) in [6, 6.07) is 0. The van der Waals surface area contributed by atoms with Crippen LogP contribution in [0.15, 0.2) is 0 Å². The molecule has 0 heterocycles. The van der Waals surface area contributed by atoms with Crippen LogP contribution in [0.5, 0.6) is 0 Å². The summed E-state index contributed by atoms with van der Waals surface area (Å²) in [5, 5.41) is 0. The molecule has 1 fully saturated rings. The summed E-state index contributed by atoms with van der Waals surface area (Å²) in [4.78, 5) is 14.8. The third-order valence-corrected chi connectivity index (χ3v) is 4.08. The van der Waals surface area contributed by atoms with Gasteiger partial charge in [0.05, 0.1) is 4.99 Å². The van der Waals surface area contributed by atoms with Crippen LogP contribution in [-0.2, 0) is 4.79 Å². The molecule has 98 valence electrons. The first-order valence-corrected chi connectivity index (χ1v) is 6.86. The van der Waals surface area contributed by atoms with Gasteiger partial charge in [0.25, 0.3) is 0 Å². The highest BCUT2D eigenvalue weighted by Crippen LogP contribution is 2.43. The molecule has 1 rings (SSSR count). The van der Waals surface area contributed by atoms with Crippen molar-refractivity contribution < 1.29 is 4.79 Å². The number of nitrogens with two attached hydrogens (primary N) is 1. The van der Waals surface area contributed by atoms with Crippen LogP contribution < -0.4 is 5.73 Å². The van der Waals surface area contributed by atoms with Crippen molar-refractivity contribution in [2.75, 3.05) is 13.1 Å². The number of hydrogen-bond donors (Lipinski definition) is 1. The van der Waals surface area contributed by atoms with Crippen molar-refractivity contribution in [3.05, 3.63) is 0 Å². The summed E-state index contributed by atoms with van der Waals surface area (Å²) in [6.07, 6.45) is 3.96. The van der Waals surface area contributed by atoms with Gasteiger partial charge < -0.3 is 10.6 Å². The fourth-order valence-electron chi connectivity index (χ4n) is 2.67. The molecule has 1 aliphatic carbocycles. The normalized spacial score (nSPS) is 22.4. The molecule has 2 N–H and O–H groups in total. The largest absolute Gasteiger partial charge is 0.393 e. The molecule has 4 heteroatoms. The van der Waals surface area contributed by atoms with Crippen molar-refractivity contribution in [2.24, 2.45) is 17.1 Å². The van der Waals surface area contributed by atoms with Crippen LogP contribution >= 0.6 is 12.2 Å². The molecule has 0 aromatic rings. The van der Waals surface area contributed by atoms with E-state index in [0.717, 1.165) is 25.8 Å². The minimum Gasteiger partial charge on any atom is -0.393 e. The fraction of sp³-hybridized carbons (Fsp3) is 0.846. The van der Waals surface area contributed by atoms with E-state index in [1.807, 2.05) is 11.8 Å². The van der Waals surface area contributed by atoms with E-state index in [0.29, 0.717) is 18.0 Å². The van der Waals surface area contributed by atoms with Crippen LogP contribution in [0.2, 0.25) is 0 Å². The second-order valence-corrected chi connectivity index (χ2v) is 6.09. The Morgan fingerprint density at radius 1 is 1.53 bits per heavy atom. The van der Waals surface area contributed by atoms with E-state index in [1.54, 1.807) is 0 Å². The topological polar surface area (TPSA) is 46.3 Å². The van der Waals surface area contributed by atoms with E-state index in [1.165, 1.54) is 0 Å². The van der Waals surface area contributed by atoms with E-state index in [9.17, 15) is 4.79 Å². The number of hydrogen-bond acceptors (Lipinski definition) is 2. The average molecular weight is 256 g/mol. The van der Waals surface area contributed by atoms with Crippen LogP contribution in [0, 0.1) is 11.3 Å². The maximum atomic E-state index is 12.4. The summed E-state index contributed by atoms with van der Waals surface area (Å²) in [7, 11) is 0. The second-order valence-electron chi connectivity index (χ2n) is 5.57. The summed E-state index contributed by atoms with van der Waals surface area (Å²) < 4.78 is 0. The van der Waals surface area contributed by atoms with Crippen molar-refractivity contribution >= 4 is 23.1 Å². The molecule has 0 bridgehead atoms. The van der Waals surface area contributed by atoms with Crippen molar-refractivity contribution in [1.29, 1.82) is 0 Å². The summed E-state index contributed by atoms with van der Waals surface area (Å²) in [5.41, 5.74) is 5.64. The van der Waals surface area contributed by atoms with Crippen LogP contribution in [0.3, 0.4) is 0 Å². The zero-order valence-corrected chi connectivity index (χ0v) is 12.0. The van der Waals surface area contributed by atoms with Crippen molar-refractivity contribution in [1.82, 2.24) is 4.90 Å². The molecule has 1 amide bonds. The predicted octanol–water partition coefficient (Wildman–Crippen LogP) is 2.34. The summed E-state index contributed by atoms with van der Waals surface area (Å²) >= 11 is 4.87. The van der Waals surface area contributed by atoms with Gasteiger partial charge in [-0.2, -0.15) is 0 Å². The van der Waals surface area contributed by atoms with Gasteiger partial charge in [-0.3, -0.25) is 4.79 Å². The molecule has 1 saturated carbocycles. The highest BCUT2D eigenvalue weighted by molar-refractivity contribution is 7.80. The molecule has 0 radical (unpaired) electrons. The SMILES string of the molecule is CCN(CCC(N)=S)C(=O)C1CCCC1(C)C. The zero-order chi connectivity index (χ0) is 13.1. The smallest absolute Gasteiger partial charge is 0.226 e. The van der Waals surface area contributed by atoms with E-state index in [2.05, 4.69) is 13.8 Å². The van der Waals surface area contributed by atoms with Gasteiger partial charge in [-0.1, -0.05) is 32.5 Å². The minimum atomic E-state index is 0.147. The molecule has 0 spiro atoms. The molecule has 1 atom stereocenters. The van der Waals surface area contributed by atoms with Gasteiger partial charge >= 0.3 is 0 Å². The third-order valence-electron chi connectivity index (χ3n) is 3.88. The number of carbonyl (C=O) groups excluding carboxylic acids is 1. The van der Waals surface area contributed by atoms with E-state index in [4.69, 9.17) is 18.0 Å². The Morgan fingerprint density at radius 2 is 2.18 bits per heavy atom. The highest BCUT2D eigenvalue weighted by Gasteiger charge is 2.40. The molecule has 17 heavy (non-hydrogen) atoms. The van der Waals surface area contributed by atoms with E-state index >= 15 is 0 Å². The lowest BCUT2D eigenvalue weighted by Crippen LogP contribution is -2.41. The first kappa shape index (κ1) is 14.4. The third kappa shape index (κ3) is 3.66. The van der Waals surface area contributed by atoms with Gasteiger partial charge in [-0.05, 0) is 25.2 Å². The van der Waals surface area contributed by atoms with Gasteiger partial charge in [0.2, 0.25) is 5.91 Å². The molecule has 0 saturated heterocycles. The quantitative estimate of drug-likeness (QED) is 0.768. The number of thiocarbonyl (C=S) groups is 1. The Morgan fingerprint density at radius 3 is 2.59 bits per heavy atom. The number of amides is 1. The number of nitrogens with zero attached hydrogens (tertiary/aromatic N) is 1. The lowest BCUT2D eigenvalue weighted by atomic mass is 9.81. The predicted molar refractivity (Wildman–Crippen MR) is 74.8 cm³/mol. The number of carbonyl (C=O) groups is 1. The average Bonchev–Trinajstić information content (AvgIpc) is 2.58. The lowest BCUT2D eigenvalue weighted by molar-refractivity contribution is -0.138. The maximum absolute atomic E-state index is 12.4.